The first-order valence-electron chi connectivity index (χ1n) is 6.79. The van der Waals surface area contributed by atoms with Gasteiger partial charge >= 0.3 is 0 Å². The van der Waals surface area contributed by atoms with Gasteiger partial charge in [0.05, 0.1) is 24.3 Å². The molecule has 0 aliphatic carbocycles. The van der Waals surface area contributed by atoms with Crippen LogP contribution in [0.1, 0.15) is 31.1 Å². The minimum atomic E-state index is -0.255. The minimum absolute atomic E-state index is 0.0739. The highest BCUT2D eigenvalue weighted by molar-refractivity contribution is 6.00. The van der Waals surface area contributed by atoms with E-state index < -0.39 is 0 Å². The molecule has 1 amide bonds. The summed E-state index contributed by atoms with van der Waals surface area (Å²) in [6.07, 6.45) is 0. The van der Waals surface area contributed by atoms with Crippen molar-refractivity contribution in [1.82, 2.24) is 4.90 Å². The Kier molecular flexibility index (Phi) is 4.10. The van der Waals surface area contributed by atoms with Crippen molar-refractivity contribution in [3.05, 3.63) is 29.8 Å². The first-order valence-corrected chi connectivity index (χ1v) is 6.79. The van der Waals surface area contributed by atoms with Crippen LogP contribution in [-0.4, -0.2) is 42.6 Å². The van der Waals surface area contributed by atoms with Gasteiger partial charge in [0.25, 0.3) is 5.91 Å². The normalized spacial score (nSPS) is 18.2. The van der Waals surface area contributed by atoms with Gasteiger partial charge in [0.2, 0.25) is 0 Å². The van der Waals surface area contributed by atoms with Crippen LogP contribution in [0.5, 0.6) is 0 Å². The number of carbonyl (C=O) groups is 1. The Morgan fingerprint density at radius 3 is 2.84 bits per heavy atom. The molecule has 0 atom stereocenters. The van der Waals surface area contributed by atoms with E-state index in [0.29, 0.717) is 19.8 Å². The van der Waals surface area contributed by atoms with Crippen molar-refractivity contribution in [2.24, 2.45) is 0 Å². The van der Waals surface area contributed by atoms with Crippen LogP contribution < -0.4 is 5.32 Å². The summed E-state index contributed by atoms with van der Waals surface area (Å²) < 4.78 is 5.47. The summed E-state index contributed by atoms with van der Waals surface area (Å²) in [7, 11) is 0. The molecule has 0 unspecified atom stereocenters. The number of morpholine rings is 1. The number of rotatable bonds is 3. The highest BCUT2D eigenvalue weighted by Gasteiger charge is 2.35. The Balaban J connectivity index is 2.28. The number of nitrogens with one attached hydrogen (secondary N) is 1. The minimum Gasteiger partial charge on any atom is -0.385 e. The molecule has 0 aromatic heterocycles. The third-order valence-electron chi connectivity index (χ3n) is 3.42. The monoisotopic (exact) mass is 262 g/mol. The van der Waals surface area contributed by atoms with E-state index >= 15 is 0 Å². The predicted molar refractivity (Wildman–Crippen MR) is 76.5 cm³/mol. The molecule has 4 heteroatoms. The van der Waals surface area contributed by atoms with Gasteiger partial charge in [-0.15, -0.1) is 0 Å². The van der Waals surface area contributed by atoms with Gasteiger partial charge in [0, 0.05) is 18.8 Å². The Morgan fingerprint density at radius 2 is 2.16 bits per heavy atom. The molecule has 1 aliphatic rings. The number of ether oxygens (including phenoxy) is 1. The van der Waals surface area contributed by atoms with Crippen molar-refractivity contribution in [2.45, 2.75) is 26.3 Å². The lowest BCUT2D eigenvalue weighted by Gasteiger charge is -2.42. The van der Waals surface area contributed by atoms with Crippen LogP contribution in [0, 0.1) is 0 Å². The quantitative estimate of drug-likeness (QED) is 0.909. The van der Waals surface area contributed by atoms with Crippen molar-refractivity contribution in [3.8, 4) is 0 Å². The van der Waals surface area contributed by atoms with E-state index in [0.717, 1.165) is 17.8 Å². The highest BCUT2D eigenvalue weighted by atomic mass is 16.5. The van der Waals surface area contributed by atoms with Gasteiger partial charge in [0.15, 0.2) is 0 Å². The second-order valence-electron chi connectivity index (χ2n) is 5.40. The van der Waals surface area contributed by atoms with Crippen molar-refractivity contribution in [1.29, 1.82) is 0 Å². The summed E-state index contributed by atoms with van der Waals surface area (Å²) in [5.74, 6) is 0.0739. The molecular weight excluding hydrogens is 240 g/mol. The summed E-state index contributed by atoms with van der Waals surface area (Å²) in [6.45, 7) is 8.75. The molecule has 104 valence electrons. The second-order valence-corrected chi connectivity index (χ2v) is 5.40. The van der Waals surface area contributed by atoms with E-state index in [-0.39, 0.29) is 11.4 Å². The molecule has 1 heterocycles. The third-order valence-corrected chi connectivity index (χ3v) is 3.42. The lowest BCUT2D eigenvalue weighted by Crippen LogP contribution is -2.55. The van der Waals surface area contributed by atoms with Gasteiger partial charge in [-0.05, 0) is 32.9 Å². The first kappa shape index (κ1) is 13.9. The van der Waals surface area contributed by atoms with Crippen molar-refractivity contribution in [2.75, 3.05) is 31.6 Å². The average molecular weight is 262 g/mol. The number of para-hydroxylation sites is 1. The standard InChI is InChI=1S/C15H22N2O2/c1-4-16-13-8-6-5-7-12(13)14(18)17-9-10-19-11-15(17,2)3/h5-8,16H,4,9-11H2,1-3H3. The first-order chi connectivity index (χ1) is 9.06. The molecule has 0 bridgehead atoms. The summed E-state index contributed by atoms with van der Waals surface area (Å²) in [6, 6.07) is 7.68. The van der Waals surface area contributed by atoms with Gasteiger partial charge in [-0.2, -0.15) is 0 Å². The molecule has 0 spiro atoms. The van der Waals surface area contributed by atoms with E-state index in [1.807, 2.05) is 49.9 Å². The molecule has 1 aromatic rings. The van der Waals surface area contributed by atoms with Crippen LogP contribution in [0.25, 0.3) is 0 Å². The zero-order chi connectivity index (χ0) is 13.9. The van der Waals surface area contributed by atoms with Crippen LogP contribution in [0.3, 0.4) is 0 Å². The fourth-order valence-electron chi connectivity index (χ4n) is 2.39. The fourth-order valence-corrected chi connectivity index (χ4v) is 2.39. The Hall–Kier alpha value is -1.55. The van der Waals surface area contributed by atoms with Crippen LogP contribution in [0.15, 0.2) is 24.3 Å². The zero-order valence-electron chi connectivity index (χ0n) is 11.9. The van der Waals surface area contributed by atoms with Gasteiger partial charge in [-0.25, -0.2) is 0 Å². The highest BCUT2D eigenvalue weighted by Crippen LogP contribution is 2.24. The molecule has 0 radical (unpaired) electrons. The Morgan fingerprint density at radius 1 is 1.42 bits per heavy atom. The number of amides is 1. The van der Waals surface area contributed by atoms with Crippen LogP contribution in [-0.2, 0) is 4.74 Å². The molecule has 4 nitrogen and oxygen atoms in total. The number of benzene rings is 1. The molecule has 0 saturated carbocycles. The van der Waals surface area contributed by atoms with Gasteiger partial charge in [-0.3, -0.25) is 4.79 Å². The van der Waals surface area contributed by atoms with E-state index in [4.69, 9.17) is 4.74 Å². The number of hydrogen-bond donors (Lipinski definition) is 1. The molecule has 1 aliphatic heterocycles. The number of anilines is 1. The van der Waals surface area contributed by atoms with Crippen LogP contribution >= 0.6 is 0 Å². The van der Waals surface area contributed by atoms with Crippen molar-refractivity contribution >= 4 is 11.6 Å². The summed E-state index contributed by atoms with van der Waals surface area (Å²) in [4.78, 5) is 14.7. The molecule has 1 fully saturated rings. The Labute approximate surface area is 114 Å². The maximum atomic E-state index is 12.7. The predicted octanol–water partition coefficient (Wildman–Crippen LogP) is 2.37. The molecule has 19 heavy (non-hydrogen) atoms. The smallest absolute Gasteiger partial charge is 0.256 e. The van der Waals surface area contributed by atoms with Gasteiger partial charge in [-0.1, -0.05) is 12.1 Å². The SMILES string of the molecule is CCNc1ccccc1C(=O)N1CCOCC1(C)C. The summed E-state index contributed by atoms with van der Waals surface area (Å²) in [5, 5.41) is 3.24. The summed E-state index contributed by atoms with van der Waals surface area (Å²) in [5.41, 5.74) is 1.38. The van der Waals surface area contributed by atoms with Gasteiger partial charge < -0.3 is 15.0 Å². The number of hydrogen-bond acceptors (Lipinski definition) is 3. The van der Waals surface area contributed by atoms with Crippen LogP contribution in [0.2, 0.25) is 0 Å². The molecule has 2 rings (SSSR count). The topological polar surface area (TPSA) is 41.6 Å². The van der Waals surface area contributed by atoms with E-state index in [2.05, 4.69) is 5.32 Å². The summed E-state index contributed by atoms with van der Waals surface area (Å²) >= 11 is 0. The van der Waals surface area contributed by atoms with Crippen LogP contribution in [0.4, 0.5) is 5.69 Å². The number of carbonyl (C=O) groups excluding carboxylic acids is 1. The lowest BCUT2D eigenvalue weighted by atomic mass is 10.0. The molecular formula is C15H22N2O2. The third kappa shape index (κ3) is 2.89. The van der Waals surface area contributed by atoms with Crippen molar-refractivity contribution in [3.63, 3.8) is 0 Å². The average Bonchev–Trinajstić information content (AvgIpc) is 2.38. The Bertz CT molecular complexity index is 457. The molecule has 1 aromatic carbocycles. The number of nitrogens with zero attached hydrogens (tertiary/aromatic N) is 1. The second kappa shape index (κ2) is 5.61. The largest absolute Gasteiger partial charge is 0.385 e. The fraction of sp³-hybridized carbons (Fsp3) is 0.533. The maximum Gasteiger partial charge on any atom is 0.256 e. The molecule has 1 saturated heterocycles. The molecule has 1 N–H and O–H groups in total. The van der Waals surface area contributed by atoms with E-state index in [1.165, 1.54) is 0 Å². The van der Waals surface area contributed by atoms with Gasteiger partial charge in [0.1, 0.15) is 0 Å². The maximum absolute atomic E-state index is 12.7. The van der Waals surface area contributed by atoms with Crippen molar-refractivity contribution < 1.29 is 9.53 Å². The lowest BCUT2D eigenvalue weighted by molar-refractivity contribution is -0.0370. The zero-order valence-corrected chi connectivity index (χ0v) is 11.9. The van der Waals surface area contributed by atoms with E-state index in [9.17, 15) is 4.79 Å². The van der Waals surface area contributed by atoms with E-state index in [1.54, 1.807) is 0 Å².